The van der Waals surface area contributed by atoms with Crippen LogP contribution in [0.1, 0.15) is 17.3 Å². The molecule has 21 heavy (non-hydrogen) atoms. The number of anilines is 1. The molecule has 0 fully saturated rings. The third-order valence-corrected chi connectivity index (χ3v) is 3.52. The molecule has 0 aliphatic carbocycles. The largest absolute Gasteiger partial charge is 0.478 e. The fourth-order valence-electron chi connectivity index (χ4n) is 1.22. The van der Waals surface area contributed by atoms with Gasteiger partial charge in [0.25, 0.3) is 0 Å². The quantitative estimate of drug-likeness (QED) is 0.742. The van der Waals surface area contributed by atoms with Crippen LogP contribution < -0.4 is 9.44 Å². The summed E-state index contributed by atoms with van der Waals surface area (Å²) in [4.78, 5) is 21.9. The molecule has 0 heterocycles. The zero-order valence-corrected chi connectivity index (χ0v) is 12.8. The molecule has 1 aromatic rings. The summed E-state index contributed by atoms with van der Waals surface area (Å²) >= 11 is 11.5. The van der Waals surface area contributed by atoms with Crippen molar-refractivity contribution in [3.63, 3.8) is 0 Å². The van der Waals surface area contributed by atoms with E-state index in [4.69, 9.17) is 28.3 Å². The van der Waals surface area contributed by atoms with E-state index in [0.717, 1.165) is 12.1 Å². The number of aromatic carboxylic acids is 1. The van der Waals surface area contributed by atoms with Crippen molar-refractivity contribution >= 4 is 51.2 Å². The van der Waals surface area contributed by atoms with E-state index in [1.807, 2.05) is 4.72 Å². The fourth-order valence-corrected chi connectivity index (χ4v) is 2.74. The van der Waals surface area contributed by atoms with Crippen LogP contribution in [0.5, 0.6) is 0 Å². The summed E-state index contributed by atoms with van der Waals surface area (Å²) in [6.07, 6.45) is -1.18. The predicted octanol–water partition coefficient (Wildman–Crippen LogP) is 2.09. The third kappa shape index (κ3) is 4.96. The lowest BCUT2D eigenvalue weighted by atomic mass is 10.2. The SMILES string of the molecule is CCOC(=O)NS(=O)(=O)Nc1c(Cl)cc(C(=O)O)cc1Cl. The maximum absolute atomic E-state index is 11.7. The first-order chi connectivity index (χ1) is 9.66. The molecule has 1 aromatic carbocycles. The van der Waals surface area contributed by atoms with Crippen LogP contribution in [0.25, 0.3) is 0 Å². The molecular weight excluding hydrogens is 347 g/mol. The molecule has 0 atom stereocenters. The average molecular weight is 357 g/mol. The molecule has 116 valence electrons. The van der Waals surface area contributed by atoms with Gasteiger partial charge in [-0.1, -0.05) is 23.2 Å². The molecule has 3 N–H and O–H groups in total. The molecule has 0 spiro atoms. The van der Waals surface area contributed by atoms with Gasteiger partial charge >= 0.3 is 22.3 Å². The Morgan fingerprint density at radius 3 is 2.24 bits per heavy atom. The van der Waals surface area contributed by atoms with Gasteiger partial charge in [0.1, 0.15) is 0 Å². The number of hydrogen-bond donors (Lipinski definition) is 3. The minimum Gasteiger partial charge on any atom is -0.478 e. The Labute approximate surface area is 130 Å². The lowest BCUT2D eigenvalue weighted by Crippen LogP contribution is -2.35. The van der Waals surface area contributed by atoms with Gasteiger partial charge in [-0.3, -0.25) is 4.72 Å². The van der Waals surface area contributed by atoms with Crippen LogP contribution in [0.4, 0.5) is 10.5 Å². The van der Waals surface area contributed by atoms with E-state index in [-0.39, 0.29) is 27.9 Å². The van der Waals surface area contributed by atoms with Crippen molar-refractivity contribution in [2.45, 2.75) is 6.92 Å². The van der Waals surface area contributed by atoms with E-state index in [2.05, 4.69) is 4.74 Å². The Morgan fingerprint density at radius 1 is 1.29 bits per heavy atom. The zero-order valence-electron chi connectivity index (χ0n) is 10.5. The van der Waals surface area contributed by atoms with Crippen molar-refractivity contribution in [3.05, 3.63) is 27.7 Å². The Kier molecular flexibility index (Phi) is 5.64. The molecule has 11 heteroatoms. The minimum absolute atomic E-state index is 0.0177. The van der Waals surface area contributed by atoms with Crippen molar-refractivity contribution in [1.82, 2.24) is 4.72 Å². The number of amides is 1. The van der Waals surface area contributed by atoms with Crippen LogP contribution in [0.2, 0.25) is 10.0 Å². The standard InChI is InChI=1S/C10H10Cl2N2O6S/c1-2-20-10(17)14-21(18,19)13-8-6(11)3-5(9(15)16)4-7(8)12/h3-4,13H,2H2,1H3,(H,14,17)(H,15,16). The number of carboxylic acids is 1. The van der Waals surface area contributed by atoms with Gasteiger partial charge in [0, 0.05) is 0 Å². The van der Waals surface area contributed by atoms with E-state index >= 15 is 0 Å². The summed E-state index contributed by atoms with van der Waals surface area (Å²) in [5, 5.41) is 8.32. The van der Waals surface area contributed by atoms with E-state index in [9.17, 15) is 18.0 Å². The number of carbonyl (C=O) groups is 2. The van der Waals surface area contributed by atoms with Crippen molar-refractivity contribution in [1.29, 1.82) is 0 Å². The van der Waals surface area contributed by atoms with E-state index < -0.39 is 22.3 Å². The molecule has 8 nitrogen and oxygen atoms in total. The summed E-state index contributed by atoms with van der Waals surface area (Å²) < 4.78 is 31.2. The van der Waals surface area contributed by atoms with Crippen LogP contribution >= 0.6 is 23.2 Å². The van der Waals surface area contributed by atoms with E-state index in [0.29, 0.717) is 0 Å². The molecule has 1 rings (SSSR count). The predicted molar refractivity (Wildman–Crippen MR) is 76.1 cm³/mol. The van der Waals surface area contributed by atoms with Crippen LogP contribution in [0.15, 0.2) is 12.1 Å². The topological polar surface area (TPSA) is 122 Å². The smallest absolute Gasteiger partial charge is 0.422 e. The van der Waals surface area contributed by atoms with Gasteiger partial charge in [-0.15, -0.1) is 0 Å². The summed E-state index contributed by atoms with van der Waals surface area (Å²) in [5.74, 6) is -1.28. The summed E-state index contributed by atoms with van der Waals surface area (Å²) in [7, 11) is -4.33. The highest BCUT2D eigenvalue weighted by molar-refractivity contribution is 7.91. The van der Waals surface area contributed by atoms with Gasteiger partial charge in [0.05, 0.1) is 27.9 Å². The van der Waals surface area contributed by atoms with Gasteiger partial charge in [-0.05, 0) is 19.1 Å². The Balaban J connectivity index is 3.03. The second kappa shape index (κ2) is 6.83. The van der Waals surface area contributed by atoms with Gasteiger partial charge in [-0.25, -0.2) is 14.3 Å². The van der Waals surface area contributed by atoms with Gasteiger partial charge in [0.2, 0.25) is 0 Å². The first-order valence-electron chi connectivity index (χ1n) is 5.36. The number of ether oxygens (including phenoxy) is 1. The average Bonchev–Trinajstić information content (AvgIpc) is 2.32. The number of carboxylic acid groups (broad SMARTS) is 1. The molecule has 0 radical (unpaired) electrons. The number of nitrogens with one attached hydrogen (secondary N) is 2. The molecule has 0 aliphatic rings. The first kappa shape index (κ1) is 17.3. The van der Waals surface area contributed by atoms with Crippen molar-refractivity contribution in [3.8, 4) is 0 Å². The molecule has 0 saturated heterocycles. The van der Waals surface area contributed by atoms with Gasteiger partial charge in [-0.2, -0.15) is 8.42 Å². The van der Waals surface area contributed by atoms with Crippen LogP contribution in [-0.4, -0.2) is 32.2 Å². The normalized spacial score (nSPS) is 10.8. The highest BCUT2D eigenvalue weighted by atomic mass is 35.5. The fraction of sp³-hybridized carbons (Fsp3) is 0.200. The highest BCUT2D eigenvalue weighted by Gasteiger charge is 2.20. The highest BCUT2D eigenvalue weighted by Crippen LogP contribution is 2.32. The summed E-state index contributed by atoms with van der Waals surface area (Å²) in [5.41, 5.74) is -0.480. The monoisotopic (exact) mass is 356 g/mol. The van der Waals surface area contributed by atoms with E-state index in [1.165, 1.54) is 6.92 Å². The van der Waals surface area contributed by atoms with E-state index in [1.54, 1.807) is 4.72 Å². The Morgan fingerprint density at radius 2 is 1.81 bits per heavy atom. The van der Waals surface area contributed by atoms with Crippen LogP contribution in [0.3, 0.4) is 0 Å². The minimum atomic E-state index is -4.33. The zero-order chi connectivity index (χ0) is 16.2. The summed E-state index contributed by atoms with van der Waals surface area (Å²) in [6, 6.07) is 2.02. The second-order valence-corrected chi connectivity index (χ2v) is 5.78. The molecule has 0 saturated carbocycles. The lowest BCUT2D eigenvalue weighted by molar-refractivity contribution is 0.0697. The number of halogens is 2. The van der Waals surface area contributed by atoms with Crippen molar-refractivity contribution < 1.29 is 27.9 Å². The van der Waals surface area contributed by atoms with Crippen molar-refractivity contribution in [2.75, 3.05) is 11.3 Å². The molecule has 0 aliphatic heterocycles. The molecular formula is C10H10Cl2N2O6S. The Hall–Kier alpha value is -1.71. The van der Waals surface area contributed by atoms with Crippen molar-refractivity contribution in [2.24, 2.45) is 0 Å². The first-order valence-corrected chi connectivity index (χ1v) is 7.60. The maximum Gasteiger partial charge on any atom is 0.422 e. The summed E-state index contributed by atoms with van der Waals surface area (Å²) in [6.45, 7) is 1.48. The number of benzene rings is 1. The molecule has 0 unspecified atom stereocenters. The lowest BCUT2D eigenvalue weighted by Gasteiger charge is -2.12. The van der Waals surface area contributed by atoms with Gasteiger partial charge < -0.3 is 9.84 Å². The third-order valence-electron chi connectivity index (χ3n) is 2.02. The number of rotatable bonds is 5. The number of carbonyl (C=O) groups excluding carboxylic acids is 1. The molecule has 0 aromatic heterocycles. The Bertz CT molecular complexity index is 653. The second-order valence-electron chi connectivity index (χ2n) is 3.55. The van der Waals surface area contributed by atoms with Crippen LogP contribution in [0, 0.1) is 0 Å². The number of hydrogen-bond acceptors (Lipinski definition) is 5. The molecule has 0 bridgehead atoms. The maximum atomic E-state index is 11.7. The van der Waals surface area contributed by atoms with Gasteiger partial charge in [0.15, 0.2) is 0 Å². The van der Waals surface area contributed by atoms with Crippen LogP contribution in [-0.2, 0) is 14.9 Å². The molecule has 1 amide bonds.